The predicted octanol–water partition coefficient (Wildman–Crippen LogP) is 2.51. The second-order valence-corrected chi connectivity index (χ2v) is 10.7. The van der Waals surface area contributed by atoms with Gasteiger partial charge in [-0.3, -0.25) is 4.79 Å². The monoisotopic (exact) mass is 365 g/mol. The van der Waals surface area contributed by atoms with E-state index in [-0.39, 0.29) is 29.5 Å². The molecule has 0 aromatic heterocycles. The molecule has 4 nitrogen and oxygen atoms in total. The maximum Gasteiger partial charge on any atom is 0.239 e. The summed E-state index contributed by atoms with van der Waals surface area (Å²) in [6.45, 7) is 3.68. The first kappa shape index (κ1) is 16.3. The van der Waals surface area contributed by atoms with E-state index in [4.69, 9.17) is 0 Å². The standard InChI is InChI=1S/C14H24BrNO3S/c1-14(2,15)13(17)16(11-6-4-3-5-7-11)12-8-9-20(18,19)10-12/h11-12H,3-10H2,1-2H3. The molecule has 1 saturated heterocycles. The highest BCUT2D eigenvalue weighted by atomic mass is 79.9. The highest BCUT2D eigenvalue weighted by Gasteiger charge is 2.42. The molecule has 6 heteroatoms. The minimum absolute atomic E-state index is 0.0338. The van der Waals surface area contributed by atoms with Crippen molar-refractivity contribution in [3.8, 4) is 0 Å². The fourth-order valence-corrected chi connectivity index (χ4v) is 5.21. The van der Waals surface area contributed by atoms with Crippen molar-refractivity contribution in [2.75, 3.05) is 11.5 Å². The third kappa shape index (κ3) is 3.75. The zero-order valence-electron chi connectivity index (χ0n) is 12.3. The van der Waals surface area contributed by atoms with Crippen LogP contribution in [-0.4, -0.2) is 47.1 Å². The zero-order chi connectivity index (χ0) is 15.0. The first-order chi connectivity index (χ1) is 9.21. The Morgan fingerprint density at radius 3 is 2.15 bits per heavy atom. The summed E-state index contributed by atoms with van der Waals surface area (Å²) in [5.41, 5.74) is 0. The molecule has 0 bridgehead atoms. The molecule has 20 heavy (non-hydrogen) atoms. The van der Waals surface area contributed by atoms with E-state index in [2.05, 4.69) is 15.9 Å². The fraction of sp³-hybridized carbons (Fsp3) is 0.929. The smallest absolute Gasteiger partial charge is 0.239 e. The van der Waals surface area contributed by atoms with Crippen LogP contribution in [0, 0.1) is 0 Å². The van der Waals surface area contributed by atoms with Crippen LogP contribution in [0.2, 0.25) is 0 Å². The van der Waals surface area contributed by atoms with Crippen molar-refractivity contribution in [3.63, 3.8) is 0 Å². The van der Waals surface area contributed by atoms with Crippen molar-refractivity contribution in [2.45, 2.75) is 68.8 Å². The molecular formula is C14H24BrNO3S. The molecule has 1 amide bonds. The lowest BCUT2D eigenvalue weighted by Crippen LogP contribution is -2.53. The molecule has 116 valence electrons. The highest BCUT2D eigenvalue weighted by Crippen LogP contribution is 2.32. The van der Waals surface area contributed by atoms with Gasteiger partial charge in [0.15, 0.2) is 9.84 Å². The lowest BCUT2D eigenvalue weighted by molar-refractivity contribution is -0.138. The Labute approximate surface area is 130 Å². The van der Waals surface area contributed by atoms with E-state index in [1.165, 1.54) is 6.42 Å². The molecule has 0 spiro atoms. The van der Waals surface area contributed by atoms with Gasteiger partial charge in [-0.1, -0.05) is 35.2 Å². The van der Waals surface area contributed by atoms with Crippen LogP contribution in [0.3, 0.4) is 0 Å². The lowest BCUT2D eigenvalue weighted by Gasteiger charge is -2.41. The maximum atomic E-state index is 12.7. The lowest BCUT2D eigenvalue weighted by atomic mass is 9.92. The Kier molecular flexibility index (Phi) is 4.84. The van der Waals surface area contributed by atoms with Crippen LogP contribution >= 0.6 is 15.9 Å². The number of alkyl halides is 1. The number of hydrogen-bond donors (Lipinski definition) is 0. The van der Waals surface area contributed by atoms with Gasteiger partial charge in [0.1, 0.15) is 0 Å². The van der Waals surface area contributed by atoms with Gasteiger partial charge in [-0.05, 0) is 33.1 Å². The van der Waals surface area contributed by atoms with Gasteiger partial charge in [0.25, 0.3) is 0 Å². The van der Waals surface area contributed by atoms with Gasteiger partial charge in [-0.25, -0.2) is 8.42 Å². The Morgan fingerprint density at radius 2 is 1.70 bits per heavy atom. The van der Waals surface area contributed by atoms with E-state index in [0.29, 0.717) is 6.42 Å². The topological polar surface area (TPSA) is 54.5 Å². The molecule has 2 fully saturated rings. The number of hydrogen-bond acceptors (Lipinski definition) is 3. The number of amides is 1. The molecule has 2 aliphatic rings. The van der Waals surface area contributed by atoms with Crippen molar-refractivity contribution in [1.82, 2.24) is 4.90 Å². The van der Waals surface area contributed by atoms with Crippen LogP contribution < -0.4 is 0 Å². The van der Waals surface area contributed by atoms with Gasteiger partial charge >= 0.3 is 0 Å². The highest BCUT2D eigenvalue weighted by molar-refractivity contribution is 9.10. The van der Waals surface area contributed by atoms with Gasteiger partial charge < -0.3 is 4.90 Å². The second kappa shape index (κ2) is 5.95. The van der Waals surface area contributed by atoms with Crippen LogP contribution in [0.25, 0.3) is 0 Å². The Balaban J connectivity index is 2.22. The number of rotatable bonds is 3. The first-order valence-corrected chi connectivity index (χ1v) is 10.0. The Hall–Kier alpha value is -0.100. The van der Waals surface area contributed by atoms with Crippen molar-refractivity contribution >= 4 is 31.7 Å². The SMILES string of the molecule is CC(C)(Br)C(=O)N(C1CCCCC1)C1CCS(=O)(=O)C1. The van der Waals surface area contributed by atoms with Crippen molar-refractivity contribution in [1.29, 1.82) is 0 Å². The Morgan fingerprint density at radius 1 is 1.10 bits per heavy atom. The minimum atomic E-state index is -2.97. The van der Waals surface area contributed by atoms with E-state index >= 15 is 0 Å². The summed E-state index contributed by atoms with van der Waals surface area (Å²) in [5.74, 6) is 0.390. The second-order valence-electron chi connectivity index (χ2n) is 6.53. The van der Waals surface area contributed by atoms with Crippen LogP contribution in [-0.2, 0) is 14.6 Å². The molecule has 0 radical (unpaired) electrons. The van der Waals surface area contributed by atoms with Crippen LogP contribution in [0.1, 0.15) is 52.4 Å². The van der Waals surface area contributed by atoms with Crippen LogP contribution in [0.5, 0.6) is 0 Å². The molecule has 1 aliphatic heterocycles. The largest absolute Gasteiger partial charge is 0.334 e. The molecule has 0 N–H and O–H groups in total. The summed E-state index contributed by atoms with van der Waals surface area (Å²) in [7, 11) is -2.97. The van der Waals surface area contributed by atoms with E-state index in [9.17, 15) is 13.2 Å². The molecule has 1 atom stereocenters. The van der Waals surface area contributed by atoms with E-state index in [0.717, 1.165) is 25.7 Å². The third-order valence-corrected chi connectivity index (χ3v) is 6.40. The van der Waals surface area contributed by atoms with Crippen molar-refractivity contribution in [3.05, 3.63) is 0 Å². The van der Waals surface area contributed by atoms with Gasteiger partial charge in [0.2, 0.25) is 5.91 Å². The summed E-state index contributed by atoms with van der Waals surface area (Å²) >= 11 is 3.45. The number of carbonyl (C=O) groups is 1. The molecule has 1 heterocycles. The molecule has 1 unspecified atom stereocenters. The first-order valence-electron chi connectivity index (χ1n) is 7.43. The van der Waals surface area contributed by atoms with Gasteiger partial charge in [-0.2, -0.15) is 0 Å². The maximum absolute atomic E-state index is 12.7. The summed E-state index contributed by atoms with van der Waals surface area (Å²) in [4.78, 5) is 14.6. The molecule has 2 rings (SSSR count). The molecule has 0 aromatic rings. The third-order valence-electron chi connectivity index (χ3n) is 4.31. The van der Waals surface area contributed by atoms with E-state index < -0.39 is 14.2 Å². The fourth-order valence-electron chi connectivity index (χ4n) is 3.29. The van der Waals surface area contributed by atoms with Crippen molar-refractivity contribution < 1.29 is 13.2 Å². The molecule has 1 aliphatic carbocycles. The van der Waals surface area contributed by atoms with Crippen molar-refractivity contribution in [2.24, 2.45) is 0 Å². The van der Waals surface area contributed by atoms with Gasteiger partial charge in [0, 0.05) is 12.1 Å². The van der Waals surface area contributed by atoms with Gasteiger partial charge in [-0.15, -0.1) is 0 Å². The summed E-state index contributed by atoms with van der Waals surface area (Å²) in [6.07, 6.45) is 6.09. The number of halogens is 1. The number of sulfone groups is 1. The zero-order valence-corrected chi connectivity index (χ0v) is 14.7. The van der Waals surface area contributed by atoms with Crippen LogP contribution in [0.4, 0.5) is 0 Å². The average molecular weight is 366 g/mol. The average Bonchev–Trinajstić information content (AvgIpc) is 2.70. The number of carbonyl (C=O) groups excluding carboxylic acids is 1. The molecule has 0 aromatic carbocycles. The normalized spacial score (nSPS) is 27.4. The summed E-state index contributed by atoms with van der Waals surface area (Å²) in [5, 5.41) is 0. The quantitative estimate of drug-likeness (QED) is 0.722. The van der Waals surface area contributed by atoms with E-state index in [1.807, 2.05) is 18.7 Å². The van der Waals surface area contributed by atoms with Gasteiger partial charge in [0.05, 0.1) is 15.8 Å². The van der Waals surface area contributed by atoms with E-state index in [1.54, 1.807) is 0 Å². The molecule has 1 saturated carbocycles. The Bertz CT molecular complexity index is 463. The summed E-state index contributed by atoms with van der Waals surface area (Å²) < 4.78 is 22.9. The minimum Gasteiger partial charge on any atom is -0.334 e. The number of nitrogens with zero attached hydrogens (tertiary/aromatic N) is 1. The van der Waals surface area contributed by atoms with Crippen LogP contribution in [0.15, 0.2) is 0 Å². The predicted molar refractivity (Wildman–Crippen MR) is 83.8 cm³/mol. The summed E-state index contributed by atoms with van der Waals surface area (Å²) in [6, 6.07) is 0.0822. The molecular weight excluding hydrogens is 342 g/mol.